The fourth-order valence-corrected chi connectivity index (χ4v) is 0.924. The lowest BCUT2D eigenvalue weighted by Gasteiger charge is -2.17. The highest BCUT2D eigenvalue weighted by Gasteiger charge is 2.34. The predicted molar refractivity (Wildman–Crippen MR) is 47.2 cm³/mol. The second-order valence-electron chi connectivity index (χ2n) is 3.50. The second-order valence-corrected chi connectivity index (χ2v) is 3.50. The van der Waals surface area contributed by atoms with Crippen molar-refractivity contribution in [2.75, 3.05) is 6.61 Å². The fraction of sp³-hybridized carbons (Fsp3) is 0.750. The minimum Gasteiger partial charge on any atom is -0.388 e. The van der Waals surface area contributed by atoms with Crippen LogP contribution in [0.25, 0.3) is 0 Å². The van der Waals surface area contributed by atoms with E-state index >= 15 is 0 Å². The first-order valence-electron chi connectivity index (χ1n) is 4.48. The standard InChI is InChI=1S/C8H13F2N3O2/c1-3-7(2,15)6-4-13(12-11-6)8(9,10)5-14/h4,14-15H,3,5H2,1-2H3. The number of nitrogens with zero attached hydrogens (tertiary/aromatic N) is 3. The van der Waals surface area contributed by atoms with E-state index in [2.05, 4.69) is 10.3 Å². The van der Waals surface area contributed by atoms with Crippen molar-refractivity contribution in [1.82, 2.24) is 15.0 Å². The summed E-state index contributed by atoms with van der Waals surface area (Å²) in [6.07, 6.45) is 1.26. The van der Waals surface area contributed by atoms with Crippen molar-refractivity contribution >= 4 is 0 Å². The molecule has 0 aromatic carbocycles. The molecule has 0 fully saturated rings. The summed E-state index contributed by atoms with van der Waals surface area (Å²) in [5.41, 5.74) is -1.23. The third-order valence-electron chi connectivity index (χ3n) is 2.26. The van der Waals surface area contributed by atoms with Gasteiger partial charge in [-0.05, 0) is 13.3 Å². The van der Waals surface area contributed by atoms with E-state index in [0.717, 1.165) is 6.20 Å². The van der Waals surface area contributed by atoms with Crippen molar-refractivity contribution in [2.24, 2.45) is 0 Å². The van der Waals surface area contributed by atoms with E-state index in [-0.39, 0.29) is 10.4 Å². The normalized spacial score (nSPS) is 16.4. The molecule has 0 aliphatic carbocycles. The Labute approximate surface area is 85.3 Å². The van der Waals surface area contributed by atoms with E-state index in [9.17, 15) is 13.9 Å². The Morgan fingerprint density at radius 1 is 1.53 bits per heavy atom. The van der Waals surface area contributed by atoms with Crippen LogP contribution in [0.15, 0.2) is 6.20 Å². The van der Waals surface area contributed by atoms with E-state index in [4.69, 9.17) is 5.11 Å². The van der Waals surface area contributed by atoms with E-state index in [1.54, 1.807) is 6.92 Å². The SMILES string of the molecule is CCC(C)(O)c1cn(C(F)(F)CO)nn1. The van der Waals surface area contributed by atoms with Gasteiger partial charge in [-0.1, -0.05) is 12.1 Å². The number of hydrogen-bond donors (Lipinski definition) is 2. The van der Waals surface area contributed by atoms with Crippen LogP contribution in [0.2, 0.25) is 0 Å². The maximum atomic E-state index is 12.9. The maximum absolute atomic E-state index is 12.9. The highest BCUT2D eigenvalue weighted by molar-refractivity contribution is 5.04. The Bertz CT molecular complexity index is 308. The third-order valence-corrected chi connectivity index (χ3v) is 2.26. The van der Waals surface area contributed by atoms with Gasteiger partial charge in [0.05, 0.1) is 6.20 Å². The summed E-state index contributed by atoms with van der Waals surface area (Å²) >= 11 is 0. The van der Waals surface area contributed by atoms with Crippen molar-refractivity contribution in [3.63, 3.8) is 0 Å². The van der Waals surface area contributed by atoms with Gasteiger partial charge < -0.3 is 10.2 Å². The molecule has 1 unspecified atom stereocenters. The van der Waals surface area contributed by atoms with Crippen LogP contribution < -0.4 is 0 Å². The van der Waals surface area contributed by atoms with Crippen LogP contribution in [-0.4, -0.2) is 31.8 Å². The Hall–Kier alpha value is -1.08. The summed E-state index contributed by atoms with van der Waals surface area (Å²) in [7, 11) is 0. The first-order valence-corrected chi connectivity index (χ1v) is 4.48. The zero-order valence-corrected chi connectivity index (χ0v) is 8.48. The zero-order chi connectivity index (χ0) is 11.7. The molecule has 5 nitrogen and oxygen atoms in total. The van der Waals surface area contributed by atoms with Gasteiger partial charge in [-0.3, -0.25) is 0 Å². The average Bonchev–Trinajstić information content (AvgIpc) is 2.67. The van der Waals surface area contributed by atoms with Gasteiger partial charge in [0.2, 0.25) is 0 Å². The van der Waals surface area contributed by atoms with Gasteiger partial charge in [-0.2, -0.15) is 13.5 Å². The minimum absolute atomic E-state index is 0.0538. The van der Waals surface area contributed by atoms with Gasteiger partial charge >= 0.3 is 6.05 Å². The number of aliphatic hydroxyl groups excluding tert-OH is 1. The third kappa shape index (κ3) is 2.29. The molecule has 1 aromatic rings. The van der Waals surface area contributed by atoms with Crippen LogP contribution in [-0.2, 0) is 11.6 Å². The summed E-state index contributed by atoms with van der Waals surface area (Å²) < 4.78 is 26.1. The first-order chi connectivity index (χ1) is 6.83. The van der Waals surface area contributed by atoms with Gasteiger partial charge in [0.25, 0.3) is 0 Å². The summed E-state index contributed by atoms with van der Waals surface area (Å²) in [5.74, 6) is 0. The van der Waals surface area contributed by atoms with Crippen LogP contribution in [0, 0.1) is 0 Å². The van der Waals surface area contributed by atoms with Crippen molar-refractivity contribution in [3.8, 4) is 0 Å². The van der Waals surface area contributed by atoms with Gasteiger partial charge in [0.1, 0.15) is 17.9 Å². The molecular weight excluding hydrogens is 208 g/mol. The molecule has 15 heavy (non-hydrogen) atoms. The highest BCUT2D eigenvalue weighted by atomic mass is 19.3. The van der Waals surface area contributed by atoms with Crippen LogP contribution in [0.4, 0.5) is 8.78 Å². The minimum atomic E-state index is -3.49. The lowest BCUT2D eigenvalue weighted by Crippen LogP contribution is -2.28. The van der Waals surface area contributed by atoms with Crippen LogP contribution in [0.3, 0.4) is 0 Å². The van der Waals surface area contributed by atoms with Gasteiger partial charge in [-0.15, -0.1) is 5.10 Å². The van der Waals surface area contributed by atoms with E-state index < -0.39 is 18.3 Å². The Balaban J connectivity index is 3.00. The molecule has 1 atom stereocenters. The maximum Gasteiger partial charge on any atom is 0.367 e. The molecule has 0 spiro atoms. The summed E-state index contributed by atoms with van der Waals surface area (Å²) in [5, 5.41) is 24.8. The molecule has 1 aromatic heterocycles. The summed E-state index contributed by atoms with van der Waals surface area (Å²) in [6.45, 7) is 1.80. The van der Waals surface area contributed by atoms with Crippen molar-refractivity contribution in [1.29, 1.82) is 0 Å². The van der Waals surface area contributed by atoms with Crippen molar-refractivity contribution in [3.05, 3.63) is 11.9 Å². The van der Waals surface area contributed by atoms with Crippen molar-refractivity contribution in [2.45, 2.75) is 31.9 Å². The predicted octanol–water partition coefficient (Wildman–Crippen LogP) is 0.437. The fourth-order valence-electron chi connectivity index (χ4n) is 0.924. The Morgan fingerprint density at radius 3 is 2.60 bits per heavy atom. The van der Waals surface area contributed by atoms with E-state index in [1.807, 2.05) is 0 Å². The quantitative estimate of drug-likeness (QED) is 0.773. The van der Waals surface area contributed by atoms with Crippen LogP contribution in [0.5, 0.6) is 0 Å². The lowest BCUT2D eigenvalue weighted by atomic mass is 10.0. The summed E-state index contributed by atoms with van der Waals surface area (Å²) in [4.78, 5) is 0. The lowest BCUT2D eigenvalue weighted by molar-refractivity contribution is -0.131. The number of hydrogen-bond acceptors (Lipinski definition) is 4. The Morgan fingerprint density at radius 2 is 2.13 bits per heavy atom. The topological polar surface area (TPSA) is 71.2 Å². The van der Waals surface area contributed by atoms with Gasteiger partial charge in [0, 0.05) is 0 Å². The molecule has 7 heteroatoms. The molecule has 1 heterocycles. The number of aromatic nitrogens is 3. The smallest absolute Gasteiger partial charge is 0.367 e. The zero-order valence-electron chi connectivity index (χ0n) is 8.48. The van der Waals surface area contributed by atoms with E-state index in [1.165, 1.54) is 6.92 Å². The number of alkyl halides is 2. The molecule has 0 saturated carbocycles. The molecule has 0 amide bonds. The molecule has 0 aliphatic rings. The molecule has 0 saturated heterocycles. The summed E-state index contributed by atoms with van der Waals surface area (Å²) in [6, 6.07) is -3.49. The Kier molecular flexibility index (Phi) is 3.05. The monoisotopic (exact) mass is 221 g/mol. The van der Waals surface area contributed by atoms with Crippen LogP contribution in [0.1, 0.15) is 26.0 Å². The number of rotatable bonds is 4. The van der Waals surface area contributed by atoms with E-state index in [0.29, 0.717) is 6.42 Å². The highest BCUT2D eigenvalue weighted by Crippen LogP contribution is 2.24. The van der Waals surface area contributed by atoms with Gasteiger partial charge in [0.15, 0.2) is 0 Å². The first kappa shape index (κ1) is 12.0. The molecule has 0 aliphatic heterocycles. The molecular formula is C8H13F2N3O2. The molecule has 0 radical (unpaired) electrons. The number of halogens is 2. The van der Waals surface area contributed by atoms with Gasteiger partial charge in [-0.25, -0.2) is 0 Å². The number of aliphatic hydroxyl groups is 2. The van der Waals surface area contributed by atoms with Crippen molar-refractivity contribution < 1.29 is 19.0 Å². The van der Waals surface area contributed by atoms with Crippen LogP contribution >= 0.6 is 0 Å². The average molecular weight is 221 g/mol. The molecule has 0 bridgehead atoms. The molecule has 2 N–H and O–H groups in total. The molecule has 86 valence electrons. The second kappa shape index (κ2) is 3.82. The molecule has 1 rings (SSSR count). The largest absolute Gasteiger partial charge is 0.388 e.